The van der Waals surface area contributed by atoms with E-state index in [4.69, 9.17) is 5.73 Å². The van der Waals surface area contributed by atoms with Gasteiger partial charge in [-0.25, -0.2) is 4.98 Å². The Morgan fingerprint density at radius 1 is 1.54 bits per heavy atom. The van der Waals surface area contributed by atoms with E-state index >= 15 is 0 Å². The van der Waals surface area contributed by atoms with E-state index in [1.165, 1.54) is 6.20 Å². The molecule has 1 heterocycles. The fraction of sp³-hybridized carbons (Fsp3) is 0.300. The molecular formula is C10H13FN2. The van der Waals surface area contributed by atoms with E-state index in [2.05, 4.69) is 18.8 Å². The maximum Gasteiger partial charge on any atom is 0.236 e. The highest BCUT2D eigenvalue weighted by Crippen LogP contribution is 2.11. The van der Waals surface area contributed by atoms with Crippen molar-refractivity contribution >= 4 is 11.8 Å². The highest BCUT2D eigenvalue weighted by Gasteiger charge is 1.98. The number of nitrogens with zero attached hydrogens (tertiary/aromatic N) is 1. The molecule has 0 bridgehead atoms. The van der Waals surface area contributed by atoms with Gasteiger partial charge in [-0.2, -0.15) is 4.39 Å². The van der Waals surface area contributed by atoms with Gasteiger partial charge in [0.1, 0.15) is 0 Å². The zero-order valence-electron chi connectivity index (χ0n) is 7.79. The summed E-state index contributed by atoms with van der Waals surface area (Å²) in [6, 6.07) is 1.57. The molecule has 0 aliphatic carbocycles. The molecule has 0 atom stereocenters. The highest BCUT2D eigenvalue weighted by atomic mass is 19.1. The molecule has 1 rings (SSSR count). The number of hydrogen-bond donors (Lipinski definition) is 1. The van der Waals surface area contributed by atoms with Crippen LogP contribution >= 0.6 is 0 Å². The zero-order chi connectivity index (χ0) is 9.84. The Bertz CT molecular complexity index is 319. The molecule has 0 aliphatic heterocycles. The molecule has 0 saturated heterocycles. The minimum absolute atomic E-state index is 0.0888. The van der Waals surface area contributed by atoms with Crippen LogP contribution in [0.25, 0.3) is 6.08 Å². The van der Waals surface area contributed by atoms with Crippen LogP contribution in [-0.2, 0) is 0 Å². The van der Waals surface area contributed by atoms with Gasteiger partial charge in [-0.15, -0.1) is 0 Å². The monoisotopic (exact) mass is 180 g/mol. The second kappa shape index (κ2) is 4.03. The van der Waals surface area contributed by atoms with Crippen LogP contribution in [-0.4, -0.2) is 4.98 Å². The molecule has 0 spiro atoms. The van der Waals surface area contributed by atoms with Crippen molar-refractivity contribution in [2.75, 3.05) is 5.73 Å². The SMILES string of the molecule is CC(C)/C=C/c1cnc(F)c(N)c1. The van der Waals surface area contributed by atoms with Crippen LogP contribution in [0, 0.1) is 11.9 Å². The Balaban J connectivity index is 2.85. The minimum atomic E-state index is -0.610. The normalized spacial score (nSPS) is 11.4. The molecule has 3 heteroatoms. The summed E-state index contributed by atoms with van der Waals surface area (Å²) in [6.07, 6.45) is 5.35. The van der Waals surface area contributed by atoms with Crippen LogP contribution in [0.3, 0.4) is 0 Å². The van der Waals surface area contributed by atoms with E-state index in [-0.39, 0.29) is 5.69 Å². The third-order valence-corrected chi connectivity index (χ3v) is 1.56. The fourth-order valence-electron chi connectivity index (χ4n) is 0.877. The van der Waals surface area contributed by atoms with Crippen LogP contribution in [0.5, 0.6) is 0 Å². The van der Waals surface area contributed by atoms with Gasteiger partial charge in [0, 0.05) is 6.20 Å². The Hall–Kier alpha value is -1.38. The van der Waals surface area contributed by atoms with E-state index in [9.17, 15) is 4.39 Å². The molecule has 0 fully saturated rings. The van der Waals surface area contributed by atoms with Crippen molar-refractivity contribution in [1.82, 2.24) is 4.98 Å². The molecule has 0 radical (unpaired) electrons. The lowest BCUT2D eigenvalue weighted by molar-refractivity contribution is 0.588. The molecule has 2 nitrogen and oxygen atoms in total. The number of anilines is 1. The summed E-state index contributed by atoms with van der Waals surface area (Å²) in [7, 11) is 0. The number of nitrogens with two attached hydrogens (primary N) is 1. The average Bonchev–Trinajstić information content (AvgIpc) is 2.07. The van der Waals surface area contributed by atoms with Gasteiger partial charge in [-0.3, -0.25) is 0 Å². The van der Waals surface area contributed by atoms with E-state index in [0.29, 0.717) is 5.92 Å². The quantitative estimate of drug-likeness (QED) is 0.710. The van der Waals surface area contributed by atoms with Gasteiger partial charge in [-0.05, 0) is 17.5 Å². The molecule has 1 aromatic heterocycles. The number of nitrogen functional groups attached to an aromatic ring is 1. The van der Waals surface area contributed by atoms with Crippen molar-refractivity contribution in [3.63, 3.8) is 0 Å². The number of pyridine rings is 1. The Morgan fingerprint density at radius 3 is 2.77 bits per heavy atom. The first-order valence-electron chi connectivity index (χ1n) is 4.19. The van der Waals surface area contributed by atoms with E-state index in [0.717, 1.165) is 5.56 Å². The summed E-state index contributed by atoms with van der Waals surface area (Å²) < 4.78 is 12.6. The van der Waals surface area contributed by atoms with Crippen molar-refractivity contribution in [2.24, 2.45) is 5.92 Å². The van der Waals surface area contributed by atoms with Gasteiger partial charge in [-0.1, -0.05) is 26.0 Å². The summed E-state index contributed by atoms with van der Waals surface area (Å²) in [6.45, 7) is 4.13. The van der Waals surface area contributed by atoms with Crippen molar-refractivity contribution in [1.29, 1.82) is 0 Å². The van der Waals surface area contributed by atoms with Crippen LogP contribution in [0.2, 0.25) is 0 Å². The summed E-state index contributed by atoms with van der Waals surface area (Å²) in [5, 5.41) is 0. The van der Waals surface area contributed by atoms with Crippen LogP contribution in [0.15, 0.2) is 18.3 Å². The summed E-state index contributed by atoms with van der Waals surface area (Å²) in [5.41, 5.74) is 6.27. The maximum absolute atomic E-state index is 12.6. The lowest BCUT2D eigenvalue weighted by Gasteiger charge is -1.98. The van der Waals surface area contributed by atoms with Crippen LogP contribution in [0.4, 0.5) is 10.1 Å². The molecule has 13 heavy (non-hydrogen) atoms. The number of rotatable bonds is 2. The third-order valence-electron chi connectivity index (χ3n) is 1.56. The van der Waals surface area contributed by atoms with Crippen molar-refractivity contribution in [3.05, 3.63) is 29.9 Å². The molecule has 1 aromatic rings. The standard InChI is InChI=1S/C10H13FN2/c1-7(2)3-4-8-5-9(12)10(11)13-6-8/h3-7H,12H2,1-2H3/b4-3+. The molecule has 0 unspecified atom stereocenters. The van der Waals surface area contributed by atoms with Gasteiger partial charge in [0.25, 0.3) is 0 Å². The van der Waals surface area contributed by atoms with Crippen LogP contribution < -0.4 is 5.73 Å². The Kier molecular flexibility index (Phi) is 3.01. The lowest BCUT2D eigenvalue weighted by Crippen LogP contribution is -1.94. The molecule has 0 aromatic carbocycles. The van der Waals surface area contributed by atoms with E-state index < -0.39 is 5.95 Å². The Morgan fingerprint density at radius 2 is 2.23 bits per heavy atom. The average molecular weight is 180 g/mol. The van der Waals surface area contributed by atoms with Crippen molar-refractivity contribution in [3.8, 4) is 0 Å². The van der Waals surface area contributed by atoms with Gasteiger partial charge in [0.05, 0.1) is 5.69 Å². The molecule has 0 aliphatic rings. The number of allylic oxidation sites excluding steroid dienone is 1. The lowest BCUT2D eigenvalue weighted by atomic mass is 10.1. The summed E-state index contributed by atoms with van der Waals surface area (Å²) >= 11 is 0. The summed E-state index contributed by atoms with van der Waals surface area (Å²) in [5.74, 6) is -0.145. The first-order valence-corrected chi connectivity index (χ1v) is 4.19. The van der Waals surface area contributed by atoms with Crippen molar-refractivity contribution < 1.29 is 4.39 Å². The number of aromatic nitrogens is 1. The maximum atomic E-state index is 12.6. The molecular weight excluding hydrogens is 167 g/mol. The predicted molar refractivity (Wildman–Crippen MR) is 52.5 cm³/mol. The Labute approximate surface area is 77.3 Å². The topological polar surface area (TPSA) is 38.9 Å². The first kappa shape index (κ1) is 9.71. The predicted octanol–water partition coefficient (Wildman–Crippen LogP) is 2.47. The summed E-state index contributed by atoms with van der Waals surface area (Å²) in [4.78, 5) is 3.51. The molecule has 70 valence electrons. The molecule has 2 N–H and O–H groups in total. The largest absolute Gasteiger partial charge is 0.395 e. The molecule has 0 amide bonds. The van der Waals surface area contributed by atoms with Crippen molar-refractivity contribution in [2.45, 2.75) is 13.8 Å². The van der Waals surface area contributed by atoms with Crippen LogP contribution in [0.1, 0.15) is 19.4 Å². The van der Waals surface area contributed by atoms with Gasteiger partial charge in [0.15, 0.2) is 0 Å². The van der Waals surface area contributed by atoms with Gasteiger partial charge < -0.3 is 5.73 Å². The first-order chi connectivity index (χ1) is 6.09. The third kappa shape index (κ3) is 2.86. The van der Waals surface area contributed by atoms with E-state index in [1.807, 2.05) is 12.2 Å². The number of halogens is 1. The second-order valence-electron chi connectivity index (χ2n) is 3.25. The smallest absolute Gasteiger partial charge is 0.236 e. The minimum Gasteiger partial charge on any atom is -0.395 e. The fourth-order valence-corrected chi connectivity index (χ4v) is 0.877. The zero-order valence-corrected chi connectivity index (χ0v) is 7.79. The van der Waals surface area contributed by atoms with Gasteiger partial charge in [0.2, 0.25) is 5.95 Å². The van der Waals surface area contributed by atoms with E-state index in [1.54, 1.807) is 6.07 Å². The highest BCUT2D eigenvalue weighted by molar-refractivity contribution is 5.53. The number of hydrogen-bond acceptors (Lipinski definition) is 2. The molecule has 0 saturated carbocycles. The second-order valence-corrected chi connectivity index (χ2v) is 3.25. The van der Waals surface area contributed by atoms with Gasteiger partial charge >= 0.3 is 0 Å².